The Labute approximate surface area is 219 Å². The van der Waals surface area contributed by atoms with Crippen LogP contribution in [0.4, 0.5) is 18.9 Å². The summed E-state index contributed by atoms with van der Waals surface area (Å²) in [6.45, 7) is 1.49. The zero-order valence-corrected chi connectivity index (χ0v) is 20.9. The van der Waals surface area contributed by atoms with E-state index in [2.05, 4.69) is 5.32 Å². The van der Waals surface area contributed by atoms with Crippen LogP contribution in [-0.2, 0) is 28.7 Å². The molecule has 0 spiro atoms. The molecule has 3 aromatic rings. The number of carbonyl (C=O) groups is 3. The summed E-state index contributed by atoms with van der Waals surface area (Å²) < 4.78 is 39.8. The van der Waals surface area contributed by atoms with Crippen LogP contribution in [0.2, 0.25) is 0 Å². The van der Waals surface area contributed by atoms with Gasteiger partial charge < -0.3 is 15.1 Å². The number of hydrogen-bond acceptors (Lipinski definition) is 3. The third-order valence-corrected chi connectivity index (χ3v) is 6.47. The SMILES string of the molecule is CC(=O)Nc1ccc(C(=O)N2CC(=O)N(Cc3cccc(C(F)(F)F)c3)[C@@H](CCc3ccccc3)C2)cc1. The molecular weight excluding hydrogens is 495 g/mol. The molecule has 1 N–H and O–H groups in total. The molecule has 1 aliphatic rings. The van der Waals surface area contributed by atoms with Crippen molar-refractivity contribution in [2.45, 2.75) is 38.5 Å². The summed E-state index contributed by atoms with van der Waals surface area (Å²) >= 11 is 0. The predicted octanol–water partition coefficient (Wildman–Crippen LogP) is 5.15. The fourth-order valence-electron chi connectivity index (χ4n) is 4.60. The Morgan fingerprint density at radius 2 is 1.63 bits per heavy atom. The summed E-state index contributed by atoms with van der Waals surface area (Å²) in [5, 5.41) is 2.64. The lowest BCUT2D eigenvalue weighted by Gasteiger charge is -2.41. The molecule has 1 heterocycles. The van der Waals surface area contributed by atoms with Gasteiger partial charge in [0.15, 0.2) is 0 Å². The molecule has 3 aromatic carbocycles. The smallest absolute Gasteiger partial charge is 0.332 e. The van der Waals surface area contributed by atoms with Gasteiger partial charge in [-0.05, 0) is 60.4 Å². The standard InChI is InChI=1S/C29H28F3N3O3/c1-20(36)33-25-13-11-23(12-14-25)28(38)34-18-26(15-10-21-6-3-2-4-7-21)35(27(37)19-34)17-22-8-5-9-24(16-22)29(30,31)32/h2-9,11-14,16,26H,10,15,17-19H2,1H3,(H,33,36)/t26-/m0/s1. The second-order valence-electron chi connectivity index (χ2n) is 9.34. The first kappa shape index (κ1) is 26.9. The Hall–Kier alpha value is -4.14. The van der Waals surface area contributed by atoms with E-state index in [-0.39, 0.29) is 43.4 Å². The van der Waals surface area contributed by atoms with Crippen LogP contribution in [0.5, 0.6) is 0 Å². The van der Waals surface area contributed by atoms with Gasteiger partial charge in [-0.3, -0.25) is 14.4 Å². The number of nitrogens with zero attached hydrogens (tertiary/aromatic N) is 2. The normalized spacial score (nSPS) is 15.9. The third kappa shape index (κ3) is 6.79. The van der Waals surface area contributed by atoms with Gasteiger partial charge in [-0.1, -0.05) is 42.5 Å². The Kier molecular flexibility index (Phi) is 8.14. The molecule has 0 aromatic heterocycles. The van der Waals surface area contributed by atoms with Gasteiger partial charge in [0, 0.05) is 31.3 Å². The quantitative estimate of drug-likeness (QED) is 0.466. The number of amides is 3. The van der Waals surface area contributed by atoms with E-state index in [0.717, 1.165) is 17.7 Å². The number of rotatable bonds is 7. The molecule has 6 nitrogen and oxygen atoms in total. The number of anilines is 1. The topological polar surface area (TPSA) is 69.7 Å². The predicted molar refractivity (Wildman–Crippen MR) is 137 cm³/mol. The van der Waals surface area contributed by atoms with Gasteiger partial charge in [0.2, 0.25) is 11.8 Å². The van der Waals surface area contributed by atoms with Crippen molar-refractivity contribution in [3.8, 4) is 0 Å². The van der Waals surface area contributed by atoms with Gasteiger partial charge in [0.05, 0.1) is 11.6 Å². The number of nitrogens with one attached hydrogen (secondary N) is 1. The monoisotopic (exact) mass is 523 g/mol. The Morgan fingerprint density at radius 1 is 0.947 bits per heavy atom. The molecule has 1 atom stereocenters. The highest BCUT2D eigenvalue weighted by Gasteiger charge is 2.36. The van der Waals surface area contributed by atoms with Crippen molar-refractivity contribution >= 4 is 23.4 Å². The molecular formula is C29H28F3N3O3. The molecule has 4 rings (SSSR count). The first-order valence-corrected chi connectivity index (χ1v) is 12.3. The summed E-state index contributed by atoms with van der Waals surface area (Å²) in [4.78, 5) is 40.9. The fraction of sp³-hybridized carbons (Fsp3) is 0.276. The van der Waals surface area contributed by atoms with Crippen molar-refractivity contribution < 1.29 is 27.6 Å². The number of benzene rings is 3. The molecule has 0 unspecified atom stereocenters. The van der Waals surface area contributed by atoms with E-state index < -0.39 is 11.7 Å². The fourth-order valence-corrected chi connectivity index (χ4v) is 4.60. The van der Waals surface area contributed by atoms with Crippen LogP contribution in [0.3, 0.4) is 0 Å². The first-order valence-electron chi connectivity index (χ1n) is 12.3. The highest BCUT2D eigenvalue weighted by atomic mass is 19.4. The molecule has 0 radical (unpaired) electrons. The molecule has 3 amide bonds. The number of carbonyl (C=O) groups excluding carboxylic acids is 3. The van der Waals surface area contributed by atoms with E-state index in [1.807, 2.05) is 30.3 Å². The summed E-state index contributed by atoms with van der Waals surface area (Å²) in [7, 11) is 0. The van der Waals surface area contributed by atoms with Crippen molar-refractivity contribution in [3.63, 3.8) is 0 Å². The molecule has 1 aliphatic heterocycles. The molecule has 1 saturated heterocycles. The molecule has 0 saturated carbocycles. The Morgan fingerprint density at radius 3 is 2.29 bits per heavy atom. The van der Waals surface area contributed by atoms with Gasteiger partial charge in [0.25, 0.3) is 5.91 Å². The van der Waals surface area contributed by atoms with Crippen molar-refractivity contribution in [3.05, 3.63) is 101 Å². The van der Waals surface area contributed by atoms with Gasteiger partial charge >= 0.3 is 6.18 Å². The van der Waals surface area contributed by atoms with E-state index >= 15 is 0 Å². The van der Waals surface area contributed by atoms with Crippen LogP contribution in [0.1, 0.15) is 40.4 Å². The molecule has 1 fully saturated rings. The number of halogens is 3. The minimum absolute atomic E-state index is 0.0235. The van der Waals surface area contributed by atoms with Crippen molar-refractivity contribution in [2.24, 2.45) is 0 Å². The highest BCUT2D eigenvalue weighted by Crippen LogP contribution is 2.30. The lowest BCUT2D eigenvalue weighted by Crippen LogP contribution is -2.57. The number of aryl methyl sites for hydroxylation is 1. The molecule has 9 heteroatoms. The zero-order valence-electron chi connectivity index (χ0n) is 20.9. The number of alkyl halides is 3. The van der Waals surface area contributed by atoms with Crippen molar-refractivity contribution in [1.82, 2.24) is 9.80 Å². The maximum Gasteiger partial charge on any atom is 0.416 e. The van der Waals surface area contributed by atoms with Crippen LogP contribution >= 0.6 is 0 Å². The highest BCUT2D eigenvalue weighted by molar-refractivity contribution is 5.98. The maximum atomic E-state index is 13.3. The van der Waals surface area contributed by atoms with Gasteiger partial charge in [-0.25, -0.2) is 0 Å². The minimum atomic E-state index is -4.48. The van der Waals surface area contributed by atoms with E-state index in [1.165, 1.54) is 17.9 Å². The van der Waals surface area contributed by atoms with E-state index in [9.17, 15) is 27.6 Å². The minimum Gasteiger partial charge on any atom is -0.332 e. The second kappa shape index (κ2) is 11.5. The molecule has 0 bridgehead atoms. The lowest BCUT2D eigenvalue weighted by molar-refractivity contribution is -0.139. The van der Waals surface area contributed by atoms with Crippen LogP contribution < -0.4 is 5.32 Å². The van der Waals surface area contributed by atoms with Crippen molar-refractivity contribution in [2.75, 3.05) is 18.4 Å². The molecule has 0 aliphatic carbocycles. The van der Waals surface area contributed by atoms with Gasteiger partial charge in [0.1, 0.15) is 6.54 Å². The van der Waals surface area contributed by atoms with Crippen molar-refractivity contribution in [1.29, 1.82) is 0 Å². The van der Waals surface area contributed by atoms with Crippen LogP contribution in [0, 0.1) is 0 Å². The van der Waals surface area contributed by atoms with Crippen LogP contribution in [0.25, 0.3) is 0 Å². The number of hydrogen-bond donors (Lipinski definition) is 1. The zero-order chi connectivity index (χ0) is 27.3. The molecule has 198 valence electrons. The summed E-state index contributed by atoms with van der Waals surface area (Å²) in [5.74, 6) is -0.876. The number of piperazine rings is 1. The van der Waals surface area contributed by atoms with E-state index in [4.69, 9.17) is 0 Å². The second-order valence-corrected chi connectivity index (χ2v) is 9.34. The first-order chi connectivity index (χ1) is 18.1. The Bertz CT molecular complexity index is 1290. The Balaban J connectivity index is 1.54. The van der Waals surface area contributed by atoms with E-state index in [0.29, 0.717) is 29.7 Å². The van der Waals surface area contributed by atoms with Crippen LogP contribution in [0.15, 0.2) is 78.9 Å². The van der Waals surface area contributed by atoms with Gasteiger partial charge in [-0.2, -0.15) is 13.2 Å². The third-order valence-electron chi connectivity index (χ3n) is 6.47. The van der Waals surface area contributed by atoms with Gasteiger partial charge in [-0.15, -0.1) is 0 Å². The average Bonchev–Trinajstić information content (AvgIpc) is 2.89. The summed E-state index contributed by atoms with van der Waals surface area (Å²) in [6.07, 6.45) is -3.29. The average molecular weight is 524 g/mol. The molecule has 38 heavy (non-hydrogen) atoms. The van der Waals surface area contributed by atoms with Crippen LogP contribution in [-0.4, -0.2) is 46.7 Å². The lowest BCUT2D eigenvalue weighted by atomic mass is 9.99. The maximum absolute atomic E-state index is 13.3. The summed E-state index contributed by atoms with van der Waals surface area (Å²) in [6, 6.07) is 20.7. The van der Waals surface area contributed by atoms with E-state index in [1.54, 1.807) is 35.2 Å². The summed E-state index contributed by atoms with van der Waals surface area (Å²) in [5.41, 5.74) is 1.61. The largest absolute Gasteiger partial charge is 0.416 e.